The second kappa shape index (κ2) is 3.33. The first kappa shape index (κ1) is 7.89. The van der Waals surface area contributed by atoms with Crippen LogP contribution in [0.4, 0.5) is 5.69 Å². The van der Waals surface area contributed by atoms with Gasteiger partial charge in [0.25, 0.3) is 0 Å². The Morgan fingerprint density at radius 2 is 2.58 bits per heavy atom. The third-order valence-corrected chi connectivity index (χ3v) is 2.64. The van der Waals surface area contributed by atoms with Crippen LogP contribution in [0.2, 0.25) is 0 Å². The molecule has 4 heteroatoms. The molecule has 1 aromatic heterocycles. The van der Waals surface area contributed by atoms with Crippen molar-refractivity contribution in [3.8, 4) is 5.06 Å². The summed E-state index contributed by atoms with van der Waals surface area (Å²) in [5, 5.41) is 2.76. The van der Waals surface area contributed by atoms with Crippen molar-refractivity contribution in [2.24, 2.45) is 0 Å². The van der Waals surface area contributed by atoms with Crippen LogP contribution in [0.3, 0.4) is 0 Å². The Bertz CT molecular complexity index is 255. The summed E-state index contributed by atoms with van der Waals surface area (Å²) in [5.74, 6) is 0. The summed E-state index contributed by atoms with van der Waals surface area (Å²) in [6, 6.07) is 1.86. The van der Waals surface area contributed by atoms with Gasteiger partial charge in [-0.3, -0.25) is 0 Å². The number of nitrogen functional groups attached to an aromatic ring is 1. The Labute approximate surface area is 75.1 Å². The number of anilines is 1. The van der Waals surface area contributed by atoms with Gasteiger partial charge in [0.1, 0.15) is 6.10 Å². The van der Waals surface area contributed by atoms with Gasteiger partial charge >= 0.3 is 0 Å². The average Bonchev–Trinajstić information content (AvgIpc) is 2.65. The molecule has 2 rings (SSSR count). The Morgan fingerprint density at radius 3 is 3.17 bits per heavy atom. The number of thiophene rings is 1. The third kappa shape index (κ3) is 1.54. The molecule has 1 aromatic rings. The van der Waals surface area contributed by atoms with E-state index in [0.29, 0.717) is 6.61 Å². The van der Waals surface area contributed by atoms with Crippen LogP contribution in [0.15, 0.2) is 11.4 Å². The molecule has 0 saturated carbocycles. The molecule has 0 unspecified atom stereocenters. The molecule has 1 fully saturated rings. The number of hydrogen-bond acceptors (Lipinski definition) is 4. The van der Waals surface area contributed by atoms with E-state index in [-0.39, 0.29) is 6.10 Å². The molecule has 0 aliphatic carbocycles. The molecule has 0 radical (unpaired) electrons. The highest BCUT2D eigenvalue weighted by molar-refractivity contribution is 7.12. The molecule has 1 atom stereocenters. The molecular weight excluding hydrogens is 174 g/mol. The van der Waals surface area contributed by atoms with Gasteiger partial charge in [-0.05, 0) is 11.4 Å². The standard InChI is InChI=1S/C8H11NO2S/c9-7-2-4-12-8(7)11-6-1-3-10-5-6/h2,4,6H,1,3,5,9H2/t6-/m1/s1. The quantitative estimate of drug-likeness (QED) is 0.759. The zero-order valence-corrected chi connectivity index (χ0v) is 7.47. The van der Waals surface area contributed by atoms with Crippen molar-refractivity contribution in [1.29, 1.82) is 0 Å². The predicted octanol–water partition coefficient (Wildman–Crippen LogP) is 1.50. The average molecular weight is 185 g/mol. The molecule has 66 valence electrons. The summed E-state index contributed by atoms with van der Waals surface area (Å²) in [4.78, 5) is 0. The van der Waals surface area contributed by atoms with Gasteiger partial charge in [0, 0.05) is 6.42 Å². The largest absolute Gasteiger partial charge is 0.477 e. The van der Waals surface area contributed by atoms with E-state index in [0.717, 1.165) is 23.8 Å². The van der Waals surface area contributed by atoms with E-state index < -0.39 is 0 Å². The first-order valence-corrected chi connectivity index (χ1v) is 4.81. The highest BCUT2D eigenvalue weighted by Gasteiger charge is 2.18. The zero-order chi connectivity index (χ0) is 8.39. The summed E-state index contributed by atoms with van der Waals surface area (Å²) in [7, 11) is 0. The molecule has 0 spiro atoms. The summed E-state index contributed by atoms with van der Waals surface area (Å²) in [6.45, 7) is 1.49. The summed E-state index contributed by atoms with van der Waals surface area (Å²) < 4.78 is 10.8. The fourth-order valence-electron chi connectivity index (χ4n) is 1.16. The van der Waals surface area contributed by atoms with Crippen LogP contribution in [0.5, 0.6) is 5.06 Å². The van der Waals surface area contributed by atoms with Crippen LogP contribution in [0, 0.1) is 0 Å². The molecule has 0 amide bonds. The molecule has 3 nitrogen and oxygen atoms in total. The van der Waals surface area contributed by atoms with E-state index in [2.05, 4.69) is 0 Å². The van der Waals surface area contributed by atoms with Crippen LogP contribution in [-0.4, -0.2) is 19.3 Å². The highest BCUT2D eigenvalue weighted by atomic mass is 32.1. The van der Waals surface area contributed by atoms with Gasteiger partial charge in [-0.1, -0.05) is 0 Å². The van der Waals surface area contributed by atoms with E-state index >= 15 is 0 Å². The summed E-state index contributed by atoms with van der Waals surface area (Å²) in [6.07, 6.45) is 1.17. The molecule has 1 aliphatic rings. The first-order valence-electron chi connectivity index (χ1n) is 3.93. The molecule has 2 N–H and O–H groups in total. The van der Waals surface area contributed by atoms with Gasteiger partial charge in [0.2, 0.25) is 0 Å². The van der Waals surface area contributed by atoms with E-state index in [9.17, 15) is 0 Å². The van der Waals surface area contributed by atoms with Crippen LogP contribution in [-0.2, 0) is 4.74 Å². The SMILES string of the molecule is Nc1ccsc1O[C@@H]1CCOC1. The lowest BCUT2D eigenvalue weighted by molar-refractivity contribution is 0.144. The second-order valence-corrected chi connectivity index (χ2v) is 3.65. The van der Waals surface area contributed by atoms with E-state index in [4.69, 9.17) is 15.2 Å². The van der Waals surface area contributed by atoms with E-state index in [1.54, 1.807) is 0 Å². The van der Waals surface area contributed by atoms with Gasteiger partial charge in [0.05, 0.1) is 18.9 Å². The van der Waals surface area contributed by atoms with Crippen LogP contribution >= 0.6 is 11.3 Å². The van der Waals surface area contributed by atoms with Crippen molar-refractivity contribution in [3.63, 3.8) is 0 Å². The zero-order valence-electron chi connectivity index (χ0n) is 6.66. The summed E-state index contributed by atoms with van der Waals surface area (Å²) in [5.41, 5.74) is 6.39. The number of nitrogens with two attached hydrogens (primary N) is 1. The molecule has 1 saturated heterocycles. The van der Waals surface area contributed by atoms with Crippen LogP contribution in [0.25, 0.3) is 0 Å². The Kier molecular flexibility index (Phi) is 2.19. The Morgan fingerprint density at radius 1 is 1.67 bits per heavy atom. The normalized spacial score (nSPS) is 22.8. The second-order valence-electron chi connectivity index (χ2n) is 2.77. The molecule has 0 bridgehead atoms. The minimum atomic E-state index is 0.200. The molecular formula is C8H11NO2S. The topological polar surface area (TPSA) is 44.5 Å². The van der Waals surface area contributed by atoms with Crippen molar-refractivity contribution in [1.82, 2.24) is 0 Å². The van der Waals surface area contributed by atoms with Gasteiger partial charge in [-0.25, -0.2) is 0 Å². The van der Waals surface area contributed by atoms with Gasteiger partial charge in [-0.15, -0.1) is 11.3 Å². The molecule has 12 heavy (non-hydrogen) atoms. The van der Waals surface area contributed by atoms with Crippen molar-refractivity contribution >= 4 is 17.0 Å². The predicted molar refractivity (Wildman–Crippen MR) is 48.6 cm³/mol. The maximum Gasteiger partial charge on any atom is 0.197 e. The maximum absolute atomic E-state index is 5.66. The Balaban J connectivity index is 1.98. The minimum Gasteiger partial charge on any atom is -0.477 e. The lowest BCUT2D eigenvalue weighted by Crippen LogP contribution is -2.15. The smallest absolute Gasteiger partial charge is 0.197 e. The molecule has 0 aromatic carbocycles. The minimum absolute atomic E-state index is 0.200. The Hall–Kier alpha value is -0.740. The van der Waals surface area contributed by atoms with Crippen molar-refractivity contribution < 1.29 is 9.47 Å². The van der Waals surface area contributed by atoms with Gasteiger partial charge < -0.3 is 15.2 Å². The number of hydrogen-bond donors (Lipinski definition) is 1. The van der Waals surface area contributed by atoms with Crippen molar-refractivity contribution in [2.75, 3.05) is 18.9 Å². The van der Waals surface area contributed by atoms with Crippen LogP contribution < -0.4 is 10.5 Å². The highest BCUT2D eigenvalue weighted by Crippen LogP contribution is 2.30. The molecule has 1 aliphatic heterocycles. The molecule has 2 heterocycles. The fourth-order valence-corrected chi connectivity index (χ4v) is 1.89. The third-order valence-electron chi connectivity index (χ3n) is 1.82. The van der Waals surface area contributed by atoms with Crippen LogP contribution in [0.1, 0.15) is 6.42 Å². The summed E-state index contributed by atoms with van der Waals surface area (Å²) >= 11 is 1.53. The number of ether oxygens (including phenoxy) is 2. The lowest BCUT2D eigenvalue weighted by atomic mass is 10.3. The van der Waals surface area contributed by atoms with E-state index in [1.807, 2.05) is 11.4 Å². The van der Waals surface area contributed by atoms with Crippen molar-refractivity contribution in [2.45, 2.75) is 12.5 Å². The lowest BCUT2D eigenvalue weighted by Gasteiger charge is -2.09. The fraction of sp³-hybridized carbons (Fsp3) is 0.500. The van der Waals surface area contributed by atoms with E-state index in [1.165, 1.54) is 11.3 Å². The monoisotopic (exact) mass is 185 g/mol. The van der Waals surface area contributed by atoms with Gasteiger partial charge in [-0.2, -0.15) is 0 Å². The van der Waals surface area contributed by atoms with Gasteiger partial charge in [0.15, 0.2) is 5.06 Å². The number of rotatable bonds is 2. The first-order chi connectivity index (χ1) is 5.86. The maximum atomic E-state index is 5.66. The van der Waals surface area contributed by atoms with Crippen molar-refractivity contribution in [3.05, 3.63) is 11.4 Å².